The zero-order chi connectivity index (χ0) is 20.5. The maximum Gasteiger partial charge on any atom is 0.168 e. The molecule has 0 aliphatic carbocycles. The minimum Gasteiger partial charge on any atom is -0.394 e. The number of hydrogen-bond donors (Lipinski definition) is 5. The molecule has 11 nitrogen and oxygen atoms in total. The van der Waals surface area contributed by atoms with Gasteiger partial charge in [-0.3, -0.25) is 9.67 Å². The van der Waals surface area contributed by atoms with E-state index in [2.05, 4.69) is 32.1 Å². The van der Waals surface area contributed by atoms with Crippen LogP contribution in [0.3, 0.4) is 0 Å². The third-order valence-corrected chi connectivity index (χ3v) is 5.22. The van der Waals surface area contributed by atoms with Crippen molar-refractivity contribution < 1.29 is 20.1 Å². The maximum atomic E-state index is 10.4. The van der Waals surface area contributed by atoms with Gasteiger partial charge in [-0.05, 0) is 12.8 Å². The Morgan fingerprint density at radius 3 is 2.79 bits per heavy atom. The van der Waals surface area contributed by atoms with Crippen LogP contribution in [0.2, 0.25) is 0 Å². The van der Waals surface area contributed by atoms with Crippen LogP contribution in [0.1, 0.15) is 38.1 Å². The van der Waals surface area contributed by atoms with Crippen LogP contribution in [0.15, 0.2) is 12.5 Å². The van der Waals surface area contributed by atoms with Crippen LogP contribution in [0, 0.1) is 0 Å². The van der Waals surface area contributed by atoms with Gasteiger partial charge in [0, 0.05) is 6.20 Å². The van der Waals surface area contributed by atoms with E-state index in [1.54, 1.807) is 6.20 Å². The predicted octanol–water partition coefficient (Wildman–Crippen LogP) is 0.143. The van der Waals surface area contributed by atoms with Crippen LogP contribution in [0.25, 0.3) is 22.6 Å². The molecule has 29 heavy (non-hydrogen) atoms. The minimum atomic E-state index is -1.25. The Labute approximate surface area is 166 Å². The Hall–Kier alpha value is -2.60. The third-order valence-electron chi connectivity index (χ3n) is 5.22. The second kappa shape index (κ2) is 8.03. The first-order chi connectivity index (χ1) is 14.0. The Morgan fingerprint density at radius 1 is 1.24 bits per heavy atom. The summed E-state index contributed by atoms with van der Waals surface area (Å²) in [7, 11) is 0. The highest BCUT2D eigenvalue weighted by atomic mass is 16.6. The fourth-order valence-electron chi connectivity index (χ4n) is 3.60. The lowest BCUT2D eigenvalue weighted by Crippen LogP contribution is -2.33. The largest absolute Gasteiger partial charge is 0.394 e. The van der Waals surface area contributed by atoms with E-state index in [0.29, 0.717) is 17.0 Å². The summed E-state index contributed by atoms with van der Waals surface area (Å²) in [6.45, 7) is 1.72. The number of imidazole rings is 1. The van der Waals surface area contributed by atoms with Crippen molar-refractivity contribution in [2.45, 2.75) is 57.1 Å². The molecule has 1 aliphatic heterocycles. The first-order valence-corrected chi connectivity index (χ1v) is 9.70. The number of H-pyrrole nitrogens is 1. The van der Waals surface area contributed by atoms with Crippen LogP contribution in [-0.4, -0.2) is 70.0 Å². The second-order valence-corrected chi connectivity index (χ2v) is 7.19. The normalized spacial score (nSPS) is 24.6. The quantitative estimate of drug-likeness (QED) is 0.345. The minimum absolute atomic E-state index is 0.191. The SMILES string of the molecule is CCCCCc1n[nH]cc1-c1nc(N)c2ncn([C@@H]3O[C@H](CO)[C@@H](O)[C@H]3O)c2n1. The molecule has 0 saturated carbocycles. The van der Waals surface area contributed by atoms with Gasteiger partial charge < -0.3 is 25.8 Å². The molecule has 0 amide bonds. The fraction of sp³-hybridized carbons (Fsp3) is 0.556. The Morgan fingerprint density at radius 2 is 2.07 bits per heavy atom. The number of nitrogen functional groups attached to an aromatic ring is 1. The topological polar surface area (TPSA) is 168 Å². The Kier molecular flexibility index (Phi) is 5.46. The van der Waals surface area contributed by atoms with E-state index in [-0.39, 0.29) is 5.82 Å². The number of nitrogens with one attached hydrogen (secondary N) is 1. The molecule has 6 N–H and O–H groups in total. The van der Waals surface area contributed by atoms with Crippen LogP contribution in [0.5, 0.6) is 0 Å². The smallest absolute Gasteiger partial charge is 0.168 e. The van der Waals surface area contributed by atoms with Crippen molar-refractivity contribution in [3.63, 3.8) is 0 Å². The number of aliphatic hydroxyl groups excluding tert-OH is 3. The van der Waals surface area contributed by atoms with Crippen molar-refractivity contribution >= 4 is 17.0 Å². The molecule has 0 unspecified atom stereocenters. The second-order valence-electron chi connectivity index (χ2n) is 7.19. The van der Waals surface area contributed by atoms with Gasteiger partial charge in [0.1, 0.15) is 23.8 Å². The summed E-state index contributed by atoms with van der Waals surface area (Å²) in [6, 6.07) is 0. The van der Waals surface area contributed by atoms with Crippen LogP contribution < -0.4 is 5.73 Å². The van der Waals surface area contributed by atoms with E-state index >= 15 is 0 Å². The number of nitrogens with zero attached hydrogens (tertiary/aromatic N) is 5. The molecule has 1 fully saturated rings. The number of ether oxygens (including phenoxy) is 1. The molecule has 0 bridgehead atoms. The monoisotopic (exact) mass is 403 g/mol. The number of fused-ring (bicyclic) bond motifs is 1. The average Bonchev–Trinajstić information content (AvgIpc) is 3.41. The van der Waals surface area contributed by atoms with Gasteiger partial charge in [0.05, 0.1) is 24.2 Å². The van der Waals surface area contributed by atoms with E-state index in [0.717, 1.165) is 36.9 Å². The molecule has 0 spiro atoms. The highest BCUT2D eigenvalue weighted by Crippen LogP contribution is 2.33. The highest BCUT2D eigenvalue weighted by molar-refractivity contribution is 5.84. The predicted molar refractivity (Wildman–Crippen MR) is 104 cm³/mol. The van der Waals surface area contributed by atoms with Crippen LogP contribution in [-0.2, 0) is 11.2 Å². The Bertz CT molecular complexity index is 988. The van der Waals surface area contributed by atoms with E-state index < -0.39 is 31.1 Å². The van der Waals surface area contributed by atoms with Crippen molar-refractivity contribution in [1.82, 2.24) is 29.7 Å². The molecule has 1 aliphatic rings. The van der Waals surface area contributed by atoms with Gasteiger partial charge in [0.2, 0.25) is 0 Å². The molecule has 4 atom stereocenters. The summed E-state index contributed by atoms with van der Waals surface area (Å²) in [5, 5.41) is 36.9. The lowest BCUT2D eigenvalue weighted by atomic mass is 10.1. The molecule has 11 heteroatoms. The standard InChI is InChI=1S/C18H25N7O4/c1-2-3-4-5-10-9(6-21-24-10)16-22-15(19)12-17(23-16)25(8-20-12)18-14(28)13(27)11(7-26)29-18/h6,8,11,13-14,18,26-28H,2-5,7H2,1H3,(H,21,24)(H2,19,22,23)/t11-,13-,14-,18-/m1/s1. The van der Waals surface area contributed by atoms with E-state index in [9.17, 15) is 15.3 Å². The molecule has 4 rings (SSSR count). The Balaban J connectivity index is 1.73. The summed E-state index contributed by atoms with van der Waals surface area (Å²) in [4.78, 5) is 13.2. The van der Waals surface area contributed by atoms with Gasteiger partial charge in [-0.1, -0.05) is 19.8 Å². The third kappa shape index (κ3) is 3.46. The molecular formula is C18H25N7O4. The summed E-state index contributed by atoms with van der Waals surface area (Å²) in [5.41, 5.74) is 8.45. The summed E-state index contributed by atoms with van der Waals surface area (Å²) in [5.74, 6) is 0.583. The first kappa shape index (κ1) is 19.7. The van der Waals surface area contributed by atoms with Gasteiger partial charge in [-0.15, -0.1) is 0 Å². The number of hydrogen-bond acceptors (Lipinski definition) is 9. The number of rotatable bonds is 7. The maximum absolute atomic E-state index is 10.4. The number of aromatic amines is 1. The molecule has 156 valence electrons. The van der Waals surface area contributed by atoms with Gasteiger partial charge >= 0.3 is 0 Å². The summed E-state index contributed by atoms with van der Waals surface area (Å²) >= 11 is 0. The lowest BCUT2D eigenvalue weighted by Gasteiger charge is -2.16. The number of aromatic nitrogens is 6. The summed E-state index contributed by atoms with van der Waals surface area (Å²) in [6.07, 6.45) is 2.85. The molecule has 0 aromatic carbocycles. The molecular weight excluding hydrogens is 378 g/mol. The lowest BCUT2D eigenvalue weighted by molar-refractivity contribution is -0.0511. The van der Waals surface area contributed by atoms with Gasteiger partial charge in [-0.2, -0.15) is 5.10 Å². The number of aliphatic hydroxyl groups is 3. The van der Waals surface area contributed by atoms with E-state index in [1.807, 2.05) is 0 Å². The van der Waals surface area contributed by atoms with Crippen molar-refractivity contribution in [2.24, 2.45) is 0 Å². The number of unbranched alkanes of at least 4 members (excludes halogenated alkanes) is 2. The van der Waals surface area contributed by atoms with Crippen molar-refractivity contribution in [2.75, 3.05) is 12.3 Å². The molecule has 3 aromatic heterocycles. The van der Waals surface area contributed by atoms with Crippen molar-refractivity contribution in [3.8, 4) is 11.4 Å². The van der Waals surface area contributed by atoms with Gasteiger partial charge in [0.15, 0.2) is 23.5 Å². The zero-order valence-corrected chi connectivity index (χ0v) is 16.1. The van der Waals surface area contributed by atoms with Gasteiger partial charge in [0.25, 0.3) is 0 Å². The van der Waals surface area contributed by atoms with Gasteiger partial charge in [-0.25, -0.2) is 15.0 Å². The molecule has 4 heterocycles. The molecule has 1 saturated heterocycles. The summed E-state index contributed by atoms with van der Waals surface area (Å²) < 4.78 is 7.10. The highest BCUT2D eigenvalue weighted by Gasteiger charge is 2.44. The first-order valence-electron chi connectivity index (χ1n) is 9.70. The average molecular weight is 403 g/mol. The van der Waals surface area contributed by atoms with Crippen LogP contribution >= 0.6 is 0 Å². The molecule has 0 radical (unpaired) electrons. The van der Waals surface area contributed by atoms with Crippen molar-refractivity contribution in [1.29, 1.82) is 0 Å². The van der Waals surface area contributed by atoms with Crippen molar-refractivity contribution in [3.05, 3.63) is 18.2 Å². The fourth-order valence-corrected chi connectivity index (χ4v) is 3.60. The van der Waals surface area contributed by atoms with E-state index in [1.165, 1.54) is 10.9 Å². The number of anilines is 1. The molecule has 3 aromatic rings. The van der Waals surface area contributed by atoms with E-state index in [4.69, 9.17) is 10.5 Å². The van der Waals surface area contributed by atoms with Crippen LogP contribution in [0.4, 0.5) is 5.82 Å². The number of nitrogens with two attached hydrogens (primary N) is 1. The zero-order valence-electron chi connectivity index (χ0n) is 16.1. The number of aryl methyl sites for hydroxylation is 1.